The van der Waals surface area contributed by atoms with Crippen molar-refractivity contribution in [3.05, 3.63) is 33.8 Å². The SMILES string of the molecule is CC1(CCNc2ccc3cc(Br)cc(Cl)c3n2)OCCO1. The second kappa shape index (κ2) is 6.08. The van der Waals surface area contributed by atoms with E-state index in [0.29, 0.717) is 18.2 Å². The highest BCUT2D eigenvalue weighted by molar-refractivity contribution is 9.10. The minimum absolute atomic E-state index is 0.480. The minimum atomic E-state index is -0.480. The predicted molar refractivity (Wildman–Crippen MR) is 87.9 cm³/mol. The number of ether oxygens (including phenoxy) is 2. The quantitative estimate of drug-likeness (QED) is 0.874. The average molecular weight is 372 g/mol. The lowest BCUT2D eigenvalue weighted by Crippen LogP contribution is -2.28. The Balaban J connectivity index is 1.70. The Morgan fingerprint density at radius 1 is 1.33 bits per heavy atom. The Morgan fingerprint density at radius 3 is 2.86 bits per heavy atom. The number of fused-ring (bicyclic) bond motifs is 1. The van der Waals surface area contributed by atoms with Crippen LogP contribution in [0.5, 0.6) is 0 Å². The maximum absolute atomic E-state index is 6.23. The lowest BCUT2D eigenvalue weighted by atomic mass is 10.2. The van der Waals surface area contributed by atoms with Crippen LogP contribution in [0.15, 0.2) is 28.7 Å². The fraction of sp³-hybridized carbons (Fsp3) is 0.400. The molecule has 112 valence electrons. The van der Waals surface area contributed by atoms with E-state index in [0.717, 1.165) is 34.2 Å². The lowest BCUT2D eigenvalue weighted by Gasteiger charge is -2.22. The van der Waals surface area contributed by atoms with Crippen molar-refractivity contribution < 1.29 is 9.47 Å². The summed E-state index contributed by atoms with van der Waals surface area (Å²) in [6, 6.07) is 7.80. The molecule has 1 aromatic heterocycles. The molecule has 1 saturated heterocycles. The topological polar surface area (TPSA) is 43.4 Å². The molecule has 0 radical (unpaired) electrons. The van der Waals surface area contributed by atoms with Gasteiger partial charge in [-0.25, -0.2) is 4.98 Å². The Hall–Kier alpha value is -0.880. The molecule has 1 aromatic carbocycles. The van der Waals surface area contributed by atoms with Crippen molar-refractivity contribution >= 4 is 44.3 Å². The van der Waals surface area contributed by atoms with Crippen LogP contribution in [0.1, 0.15) is 13.3 Å². The number of benzene rings is 1. The van der Waals surface area contributed by atoms with Gasteiger partial charge in [-0.05, 0) is 31.2 Å². The van der Waals surface area contributed by atoms with Gasteiger partial charge in [0.15, 0.2) is 5.79 Å². The maximum Gasteiger partial charge on any atom is 0.167 e. The molecule has 1 aliphatic rings. The van der Waals surface area contributed by atoms with Gasteiger partial charge >= 0.3 is 0 Å². The van der Waals surface area contributed by atoms with Gasteiger partial charge in [-0.3, -0.25) is 0 Å². The Bertz CT molecular complexity index is 659. The summed E-state index contributed by atoms with van der Waals surface area (Å²) in [7, 11) is 0. The number of nitrogens with one attached hydrogen (secondary N) is 1. The number of aromatic nitrogens is 1. The molecule has 0 saturated carbocycles. The van der Waals surface area contributed by atoms with Crippen LogP contribution in [0, 0.1) is 0 Å². The summed E-state index contributed by atoms with van der Waals surface area (Å²) < 4.78 is 12.1. The first-order valence-electron chi connectivity index (χ1n) is 6.83. The molecule has 0 unspecified atom stereocenters. The van der Waals surface area contributed by atoms with E-state index in [9.17, 15) is 0 Å². The summed E-state index contributed by atoms with van der Waals surface area (Å²) in [5.41, 5.74) is 0.796. The van der Waals surface area contributed by atoms with Gasteiger partial charge < -0.3 is 14.8 Å². The zero-order valence-corrected chi connectivity index (χ0v) is 14.0. The van der Waals surface area contributed by atoms with Crippen LogP contribution < -0.4 is 5.32 Å². The molecule has 1 fully saturated rings. The molecule has 0 spiro atoms. The molecular formula is C15H16BrClN2O2. The van der Waals surface area contributed by atoms with E-state index >= 15 is 0 Å². The predicted octanol–water partition coefficient (Wildman–Crippen LogP) is 4.22. The highest BCUT2D eigenvalue weighted by Crippen LogP contribution is 2.28. The smallest absolute Gasteiger partial charge is 0.167 e. The van der Waals surface area contributed by atoms with Crippen molar-refractivity contribution in [1.82, 2.24) is 4.98 Å². The fourth-order valence-corrected chi connectivity index (χ4v) is 3.25. The van der Waals surface area contributed by atoms with Crippen molar-refractivity contribution in [2.24, 2.45) is 0 Å². The Morgan fingerprint density at radius 2 is 2.10 bits per heavy atom. The molecule has 0 aliphatic carbocycles. The minimum Gasteiger partial charge on any atom is -0.370 e. The van der Waals surface area contributed by atoms with Gasteiger partial charge in [0.1, 0.15) is 5.82 Å². The third kappa shape index (κ3) is 3.48. The first-order chi connectivity index (χ1) is 10.1. The highest BCUT2D eigenvalue weighted by atomic mass is 79.9. The van der Waals surface area contributed by atoms with Crippen molar-refractivity contribution in [1.29, 1.82) is 0 Å². The van der Waals surface area contributed by atoms with E-state index in [1.54, 1.807) is 0 Å². The molecule has 1 N–H and O–H groups in total. The van der Waals surface area contributed by atoms with E-state index in [4.69, 9.17) is 21.1 Å². The normalized spacial score (nSPS) is 17.3. The second-order valence-corrected chi connectivity index (χ2v) is 6.49. The van der Waals surface area contributed by atoms with Gasteiger partial charge in [-0.15, -0.1) is 0 Å². The van der Waals surface area contributed by atoms with Gasteiger partial charge in [-0.1, -0.05) is 27.5 Å². The molecule has 1 aliphatic heterocycles. The van der Waals surface area contributed by atoms with Crippen LogP contribution in [-0.4, -0.2) is 30.5 Å². The van der Waals surface area contributed by atoms with Gasteiger partial charge in [0.2, 0.25) is 0 Å². The molecule has 6 heteroatoms. The zero-order chi connectivity index (χ0) is 14.9. The first-order valence-corrected chi connectivity index (χ1v) is 8.00. The van der Waals surface area contributed by atoms with Gasteiger partial charge in [-0.2, -0.15) is 0 Å². The summed E-state index contributed by atoms with van der Waals surface area (Å²) >= 11 is 9.67. The van der Waals surface area contributed by atoms with Crippen LogP contribution in [0.2, 0.25) is 5.02 Å². The number of anilines is 1. The molecule has 3 rings (SSSR count). The number of nitrogens with zero attached hydrogens (tertiary/aromatic N) is 1. The maximum atomic E-state index is 6.23. The average Bonchev–Trinajstić information content (AvgIpc) is 2.86. The van der Waals surface area contributed by atoms with Gasteiger partial charge in [0.05, 0.1) is 23.8 Å². The first kappa shape index (κ1) is 15.0. The van der Waals surface area contributed by atoms with Gasteiger partial charge in [0, 0.05) is 22.8 Å². The standard InChI is InChI=1S/C15H16BrClN2O2/c1-15(20-6-7-21-15)4-5-18-13-3-2-10-8-11(16)9-12(17)14(10)19-13/h2-3,8-9H,4-7H2,1H3,(H,18,19). The van der Waals surface area contributed by atoms with Crippen molar-refractivity contribution in [2.45, 2.75) is 19.1 Å². The number of halogens is 2. The van der Waals surface area contributed by atoms with E-state index in [2.05, 4.69) is 26.2 Å². The summed E-state index contributed by atoms with van der Waals surface area (Å²) in [6.07, 6.45) is 0.765. The van der Waals surface area contributed by atoms with Crippen LogP contribution in [-0.2, 0) is 9.47 Å². The Labute approximate surface area is 136 Å². The molecule has 0 atom stereocenters. The highest BCUT2D eigenvalue weighted by Gasteiger charge is 2.30. The van der Waals surface area contributed by atoms with Crippen LogP contribution >= 0.6 is 27.5 Å². The van der Waals surface area contributed by atoms with E-state index in [1.165, 1.54) is 0 Å². The fourth-order valence-electron chi connectivity index (χ4n) is 2.37. The molecule has 2 aromatic rings. The summed E-state index contributed by atoms with van der Waals surface area (Å²) in [5.74, 6) is 0.320. The molecule has 21 heavy (non-hydrogen) atoms. The van der Waals surface area contributed by atoms with E-state index in [-0.39, 0.29) is 0 Å². The Kier molecular flexibility index (Phi) is 4.36. The van der Waals surface area contributed by atoms with Crippen LogP contribution in [0.25, 0.3) is 10.9 Å². The second-order valence-electron chi connectivity index (χ2n) is 5.16. The van der Waals surface area contributed by atoms with Crippen molar-refractivity contribution in [2.75, 3.05) is 25.1 Å². The third-order valence-corrected chi connectivity index (χ3v) is 4.24. The third-order valence-electron chi connectivity index (χ3n) is 3.49. The monoisotopic (exact) mass is 370 g/mol. The molecule has 2 heterocycles. The van der Waals surface area contributed by atoms with Crippen LogP contribution in [0.3, 0.4) is 0 Å². The van der Waals surface area contributed by atoms with Crippen molar-refractivity contribution in [3.8, 4) is 0 Å². The van der Waals surface area contributed by atoms with E-state index < -0.39 is 5.79 Å². The number of rotatable bonds is 4. The van der Waals surface area contributed by atoms with Gasteiger partial charge in [0.25, 0.3) is 0 Å². The summed E-state index contributed by atoms with van der Waals surface area (Å²) in [5, 5.41) is 4.93. The van der Waals surface area contributed by atoms with E-state index in [1.807, 2.05) is 31.2 Å². The van der Waals surface area contributed by atoms with Crippen molar-refractivity contribution in [3.63, 3.8) is 0 Å². The largest absolute Gasteiger partial charge is 0.370 e. The number of pyridine rings is 1. The summed E-state index contributed by atoms with van der Waals surface area (Å²) in [6.45, 7) is 4.01. The summed E-state index contributed by atoms with van der Waals surface area (Å²) in [4.78, 5) is 4.56. The number of hydrogen-bond acceptors (Lipinski definition) is 4. The molecule has 0 bridgehead atoms. The van der Waals surface area contributed by atoms with Crippen LogP contribution in [0.4, 0.5) is 5.82 Å². The molecule has 0 amide bonds. The molecular weight excluding hydrogens is 356 g/mol. The number of hydrogen-bond donors (Lipinski definition) is 1. The molecule has 4 nitrogen and oxygen atoms in total. The lowest BCUT2D eigenvalue weighted by molar-refractivity contribution is -0.144. The zero-order valence-electron chi connectivity index (χ0n) is 11.7.